The van der Waals surface area contributed by atoms with Gasteiger partial charge in [0, 0.05) is 0 Å². The van der Waals surface area contributed by atoms with E-state index in [-0.39, 0.29) is 0 Å². The molecule has 12 heavy (non-hydrogen) atoms. The molecule has 0 radical (unpaired) electrons. The fraction of sp³-hybridized carbons (Fsp3) is 0.400. The molecule has 0 saturated heterocycles. The van der Waals surface area contributed by atoms with Crippen molar-refractivity contribution in [1.82, 2.24) is 0 Å². The average molecular weight is 166 g/mol. The Morgan fingerprint density at radius 3 is 2.58 bits per heavy atom. The Labute approximate surface area is 72.5 Å². The molecule has 2 N–H and O–H groups in total. The third-order valence-electron chi connectivity index (χ3n) is 2.08. The molecule has 1 rings (SSSR count). The minimum absolute atomic E-state index is 0.658. The van der Waals surface area contributed by atoms with E-state index in [0.29, 0.717) is 0 Å². The average Bonchev–Trinajstić information content (AvgIpc) is 2.15. The first-order chi connectivity index (χ1) is 5.54. The van der Waals surface area contributed by atoms with Crippen molar-refractivity contribution < 1.29 is 10.2 Å². The second-order valence-corrected chi connectivity index (χ2v) is 3.34. The third kappa shape index (κ3) is 1.84. The van der Waals surface area contributed by atoms with Crippen molar-refractivity contribution in [3.8, 4) is 0 Å². The standard InChI is InChI=1S/C10H14O2/c1-8-4-3-6-10(2,7-5-8)9(11)12/h3-7,9,11-12H,1-2H3. The maximum Gasteiger partial charge on any atom is 0.163 e. The van der Waals surface area contributed by atoms with Crippen LogP contribution in [0.15, 0.2) is 36.0 Å². The largest absolute Gasteiger partial charge is 0.367 e. The van der Waals surface area contributed by atoms with Crippen LogP contribution in [0.3, 0.4) is 0 Å². The van der Waals surface area contributed by atoms with Gasteiger partial charge >= 0.3 is 0 Å². The van der Waals surface area contributed by atoms with Crippen LogP contribution in [-0.4, -0.2) is 16.5 Å². The first-order valence-electron chi connectivity index (χ1n) is 3.96. The Balaban J connectivity index is 2.92. The molecule has 0 amide bonds. The van der Waals surface area contributed by atoms with Gasteiger partial charge in [0.1, 0.15) is 0 Å². The number of aliphatic hydroxyl groups excluding tert-OH is 1. The predicted molar refractivity (Wildman–Crippen MR) is 48.4 cm³/mol. The Morgan fingerprint density at radius 1 is 1.33 bits per heavy atom. The van der Waals surface area contributed by atoms with Crippen molar-refractivity contribution in [2.45, 2.75) is 20.1 Å². The minimum Gasteiger partial charge on any atom is -0.367 e. The zero-order valence-corrected chi connectivity index (χ0v) is 7.36. The van der Waals surface area contributed by atoms with Crippen molar-refractivity contribution in [1.29, 1.82) is 0 Å². The molecule has 0 aliphatic heterocycles. The number of hydrogen-bond donors (Lipinski definition) is 2. The van der Waals surface area contributed by atoms with E-state index in [0.717, 1.165) is 5.57 Å². The van der Waals surface area contributed by atoms with Gasteiger partial charge in [-0.2, -0.15) is 0 Å². The normalized spacial score (nSPS) is 28.9. The highest BCUT2D eigenvalue weighted by atomic mass is 16.5. The van der Waals surface area contributed by atoms with Gasteiger partial charge in [0.05, 0.1) is 5.41 Å². The van der Waals surface area contributed by atoms with Crippen molar-refractivity contribution >= 4 is 0 Å². The van der Waals surface area contributed by atoms with Gasteiger partial charge in [-0.05, 0) is 13.8 Å². The molecule has 0 spiro atoms. The number of aliphatic hydroxyl groups is 2. The molecule has 0 bridgehead atoms. The van der Waals surface area contributed by atoms with E-state index in [4.69, 9.17) is 10.2 Å². The summed E-state index contributed by atoms with van der Waals surface area (Å²) >= 11 is 0. The van der Waals surface area contributed by atoms with Crippen molar-refractivity contribution in [2.24, 2.45) is 5.41 Å². The molecule has 1 atom stereocenters. The van der Waals surface area contributed by atoms with Crippen LogP contribution in [0.2, 0.25) is 0 Å². The van der Waals surface area contributed by atoms with Gasteiger partial charge in [-0.3, -0.25) is 0 Å². The first-order valence-corrected chi connectivity index (χ1v) is 3.96. The summed E-state index contributed by atoms with van der Waals surface area (Å²) in [5, 5.41) is 18.2. The first kappa shape index (κ1) is 9.23. The summed E-state index contributed by atoms with van der Waals surface area (Å²) in [6, 6.07) is 0. The van der Waals surface area contributed by atoms with E-state index in [1.54, 1.807) is 19.1 Å². The van der Waals surface area contributed by atoms with Gasteiger partial charge in [0.15, 0.2) is 6.29 Å². The van der Waals surface area contributed by atoms with E-state index in [1.807, 2.05) is 25.2 Å². The molecule has 1 aliphatic rings. The van der Waals surface area contributed by atoms with Gasteiger partial charge in [-0.25, -0.2) is 0 Å². The van der Waals surface area contributed by atoms with Crippen LogP contribution in [0.1, 0.15) is 13.8 Å². The zero-order valence-electron chi connectivity index (χ0n) is 7.36. The van der Waals surface area contributed by atoms with Gasteiger partial charge in [0.2, 0.25) is 0 Å². The van der Waals surface area contributed by atoms with Crippen LogP contribution < -0.4 is 0 Å². The molecule has 0 aromatic carbocycles. The quantitative estimate of drug-likeness (QED) is 0.578. The Hall–Kier alpha value is -0.860. The Bertz CT molecular complexity index is 249. The molecule has 0 fully saturated rings. The zero-order chi connectivity index (χ0) is 9.19. The second-order valence-electron chi connectivity index (χ2n) is 3.34. The molecule has 0 aromatic heterocycles. The topological polar surface area (TPSA) is 40.5 Å². The molecule has 2 nitrogen and oxygen atoms in total. The predicted octanol–water partition coefficient (Wildman–Crippen LogP) is 1.38. The summed E-state index contributed by atoms with van der Waals surface area (Å²) in [4.78, 5) is 0. The van der Waals surface area contributed by atoms with Gasteiger partial charge in [0.25, 0.3) is 0 Å². The number of rotatable bonds is 1. The lowest BCUT2D eigenvalue weighted by atomic mass is 9.89. The monoisotopic (exact) mass is 166 g/mol. The van der Waals surface area contributed by atoms with Crippen molar-refractivity contribution in [3.05, 3.63) is 36.0 Å². The summed E-state index contributed by atoms with van der Waals surface area (Å²) < 4.78 is 0. The molecule has 0 aromatic rings. The molecule has 1 aliphatic carbocycles. The maximum atomic E-state index is 9.08. The lowest BCUT2D eigenvalue weighted by Gasteiger charge is -2.23. The summed E-state index contributed by atoms with van der Waals surface area (Å²) in [6.45, 7) is 3.74. The van der Waals surface area contributed by atoms with Crippen LogP contribution in [0.5, 0.6) is 0 Å². The van der Waals surface area contributed by atoms with Gasteiger partial charge in [-0.15, -0.1) is 0 Å². The van der Waals surface area contributed by atoms with Crippen molar-refractivity contribution in [3.63, 3.8) is 0 Å². The van der Waals surface area contributed by atoms with E-state index < -0.39 is 11.7 Å². The molecular weight excluding hydrogens is 152 g/mol. The molecule has 0 saturated carbocycles. The second kappa shape index (κ2) is 3.25. The minimum atomic E-state index is -1.34. The highest BCUT2D eigenvalue weighted by Crippen LogP contribution is 2.26. The molecule has 1 unspecified atom stereocenters. The fourth-order valence-electron chi connectivity index (χ4n) is 1.00. The maximum absolute atomic E-state index is 9.08. The third-order valence-corrected chi connectivity index (χ3v) is 2.08. The van der Waals surface area contributed by atoms with Gasteiger partial charge in [-0.1, -0.05) is 36.0 Å². The SMILES string of the molecule is CC1=CC=CC(C)(C(O)O)C=C1. The summed E-state index contributed by atoms with van der Waals surface area (Å²) in [6.07, 6.45) is 7.90. The van der Waals surface area contributed by atoms with Crippen LogP contribution in [0, 0.1) is 5.41 Å². The number of hydrogen-bond acceptors (Lipinski definition) is 2. The smallest absolute Gasteiger partial charge is 0.163 e. The van der Waals surface area contributed by atoms with E-state index in [2.05, 4.69) is 0 Å². The van der Waals surface area contributed by atoms with Crippen LogP contribution in [-0.2, 0) is 0 Å². The lowest BCUT2D eigenvalue weighted by molar-refractivity contribution is -0.0913. The van der Waals surface area contributed by atoms with Crippen LogP contribution in [0.25, 0.3) is 0 Å². The highest BCUT2D eigenvalue weighted by molar-refractivity contribution is 5.30. The lowest BCUT2D eigenvalue weighted by Crippen LogP contribution is -2.27. The van der Waals surface area contributed by atoms with E-state index >= 15 is 0 Å². The van der Waals surface area contributed by atoms with Crippen LogP contribution in [0.4, 0.5) is 0 Å². The Morgan fingerprint density at radius 2 is 2.00 bits per heavy atom. The summed E-state index contributed by atoms with van der Waals surface area (Å²) in [7, 11) is 0. The molecular formula is C10H14O2. The number of allylic oxidation sites excluding steroid dienone is 4. The highest BCUT2D eigenvalue weighted by Gasteiger charge is 2.25. The van der Waals surface area contributed by atoms with E-state index in [1.165, 1.54) is 0 Å². The molecule has 66 valence electrons. The summed E-state index contributed by atoms with van der Waals surface area (Å²) in [5.74, 6) is 0. The van der Waals surface area contributed by atoms with Gasteiger partial charge < -0.3 is 10.2 Å². The van der Waals surface area contributed by atoms with Crippen LogP contribution >= 0.6 is 0 Å². The Kier molecular flexibility index (Phi) is 2.50. The molecule has 0 heterocycles. The summed E-state index contributed by atoms with van der Waals surface area (Å²) in [5.41, 5.74) is 0.449. The molecule has 2 heteroatoms. The van der Waals surface area contributed by atoms with Crippen molar-refractivity contribution in [2.75, 3.05) is 0 Å². The fourth-order valence-corrected chi connectivity index (χ4v) is 1.00. The van der Waals surface area contributed by atoms with E-state index in [9.17, 15) is 0 Å².